The molecule has 5 heteroatoms. The molecule has 0 aliphatic rings. The molecule has 1 N–H and O–H groups in total. The molecular formula is C24H31BrN2O2. The largest absolute Gasteiger partial charge is 0.350 e. The van der Waals surface area contributed by atoms with E-state index in [0.717, 1.165) is 15.6 Å². The SMILES string of the molecule is Cc1ccc(CCC(=O)N(Cc2cccc(Br)c2)[C@H](C)C(=O)NC(C)(C)C)cc1. The summed E-state index contributed by atoms with van der Waals surface area (Å²) in [5, 5.41) is 2.99. The molecule has 0 saturated heterocycles. The predicted molar refractivity (Wildman–Crippen MR) is 122 cm³/mol. The summed E-state index contributed by atoms with van der Waals surface area (Å²) < 4.78 is 0.953. The molecule has 0 saturated carbocycles. The van der Waals surface area contributed by atoms with Crippen molar-refractivity contribution in [3.63, 3.8) is 0 Å². The minimum Gasteiger partial charge on any atom is -0.350 e. The van der Waals surface area contributed by atoms with Gasteiger partial charge in [-0.05, 0) is 64.3 Å². The Morgan fingerprint density at radius 3 is 2.31 bits per heavy atom. The Labute approximate surface area is 182 Å². The van der Waals surface area contributed by atoms with Gasteiger partial charge in [0.15, 0.2) is 0 Å². The molecule has 0 aromatic heterocycles. The summed E-state index contributed by atoms with van der Waals surface area (Å²) in [4.78, 5) is 27.6. The van der Waals surface area contributed by atoms with E-state index in [9.17, 15) is 9.59 Å². The molecule has 0 unspecified atom stereocenters. The number of benzene rings is 2. The van der Waals surface area contributed by atoms with Crippen molar-refractivity contribution in [2.75, 3.05) is 0 Å². The lowest BCUT2D eigenvalue weighted by atomic mass is 10.1. The lowest BCUT2D eigenvalue weighted by Gasteiger charge is -2.31. The molecule has 0 radical (unpaired) electrons. The zero-order valence-electron chi connectivity index (χ0n) is 18.0. The molecule has 1 atom stereocenters. The number of hydrogen-bond acceptors (Lipinski definition) is 2. The van der Waals surface area contributed by atoms with E-state index < -0.39 is 6.04 Å². The van der Waals surface area contributed by atoms with Gasteiger partial charge in [-0.2, -0.15) is 0 Å². The monoisotopic (exact) mass is 458 g/mol. The van der Waals surface area contributed by atoms with Gasteiger partial charge in [-0.3, -0.25) is 9.59 Å². The van der Waals surface area contributed by atoms with Gasteiger partial charge in [0.05, 0.1) is 0 Å². The smallest absolute Gasteiger partial charge is 0.242 e. The first-order valence-corrected chi connectivity index (χ1v) is 10.8. The first-order valence-electron chi connectivity index (χ1n) is 9.96. The number of rotatable bonds is 7. The van der Waals surface area contributed by atoms with E-state index in [1.54, 1.807) is 11.8 Å². The predicted octanol–water partition coefficient (Wildman–Crippen LogP) is 5.02. The highest BCUT2D eigenvalue weighted by molar-refractivity contribution is 9.10. The number of halogens is 1. The van der Waals surface area contributed by atoms with Crippen LogP contribution in [0.3, 0.4) is 0 Å². The number of carbonyl (C=O) groups excluding carboxylic acids is 2. The van der Waals surface area contributed by atoms with Crippen molar-refractivity contribution >= 4 is 27.7 Å². The van der Waals surface area contributed by atoms with Gasteiger partial charge in [0.25, 0.3) is 0 Å². The molecule has 0 aliphatic heterocycles. The second-order valence-corrected chi connectivity index (χ2v) is 9.47. The van der Waals surface area contributed by atoms with Crippen LogP contribution in [0.2, 0.25) is 0 Å². The highest BCUT2D eigenvalue weighted by Crippen LogP contribution is 2.17. The van der Waals surface area contributed by atoms with Crippen LogP contribution < -0.4 is 5.32 Å². The average molecular weight is 459 g/mol. The van der Waals surface area contributed by atoms with Crippen molar-refractivity contribution in [3.05, 3.63) is 69.7 Å². The fraction of sp³-hybridized carbons (Fsp3) is 0.417. The Kier molecular flexibility index (Phi) is 8.03. The van der Waals surface area contributed by atoms with Crippen LogP contribution in [0.4, 0.5) is 0 Å². The van der Waals surface area contributed by atoms with E-state index in [1.807, 2.05) is 52.0 Å². The lowest BCUT2D eigenvalue weighted by molar-refractivity contribution is -0.141. The topological polar surface area (TPSA) is 49.4 Å². The molecule has 2 rings (SSSR count). The minimum absolute atomic E-state index is 0.0258. The summed E-state index contributed by atoms with van der Waals surface area (Å²) in [6, 6.07) is 15.5. The van der Waals surface area contributed by atoms with Gasteiger partial charge in [0.1, 0.15) is 6.04 Å². The normalized spacial score (nSPS) is 12.3. The number of nitrogens with zero attached hydrogens (tertiary/aromatic N) is 1. The molecule has 2 aromatic rings. The molecule has 156 valence electrons. The number of nitrogens with one attached hydrogen (secondary N) is 1. The van der Waals surface area contributed by atoms with Crippen molar-refractivity contribution < 1.29 is 9.59 Å². The highest BCUT2D eigenvalue weighted by Gasteiger charge is 2.28. The Morgan fingerprint density at radius 1 is 1.07 bits per heavy atom. The van der Waals surface area contributed by atoms with Crippen molar-refractivity contribution in [2.45, 2.75) is 65.6 Å². The highest BCUT2D eigenvalue weighted by atomic mass is 79.9. The van der Waals surface area contributed by atoms with Crippen LogP contribution in [0.1, 0.15) is 50.8 Å². The third kappa shape index (κ3) is 7.65. The van der Waals surface area contributed by atoms with Crippen LogP contribution in [0, 0.1) is 6.92 Å². The van der Waals surface area contributed by atoms with Gasteiger partial charge >= 0.3 is 0 Å². The Morgan fingerprint density at radius 2 is 1.72 bits per heavy atom. The fourth-order valence-corrected chi connectivity index (χ4v) is 3.48. The van der Waals surface area contributed by atoms with Crippen molar-refractivity contribution in [2.24, 2.45) is 0 Å². The molecular weight excluding hydrogens is 428 g/mol. The van der Waals surface area contributed by atoms with E-state index in [4.69, 9.17) is 0 Å². The molecule has 0 bridgehead atoms. The third-order valence-corrected chi connectivity index (χ3v) is 5.15. The first kappa shape index (κ1) is 23.1. The van der Waals surface area contributed by atoms with Crippen molar-refractivity contribution in [1.82, 2.24) is 10.2 Å². The standard InChI is InChI=1S/C24H31BrN2O2/c1-17-9-11-19(12-10-17)13-14-22(28)27(16-20-7-6-8-21(25)15-20)18(2)23(29)26-24(3,4)5/h6-12,15,18H,13-14,16H2,1-5H3,(H,26,29)/t18-/m1/s1. The average Bonchev–Trinajstić information content (AvgIpc) is 2.63. The summed E-state index contributed by atoms with van der Waals surface area (Å²) in [6.45, 7) is 10.1. The van der Waals surface area contributed by atoms with Gasteiger partial charge in [0, 0.05) is 23.0 Å². The van der Waals surface area contributed by atoms with Crippen LogP contribution in [-0.4, -0.2) is 28.3 Å². The Balaban J connectivity index is 2.16. The molecule has 2 aromatic carbocycles. The van der Waals surface area contributed by atoms with Crippen LogP contribution in [-0.2, 0) is 22.6 Å². The maximum atomic E-state index is 13.1. The summed E-state index contributed by atoms with van der Waals surface area (Å²) in [5.41, 5.74) is 2.96. The molecule has 0 spiro atoms. The van der Waals surface area contributed by atoms with Crippen molar-refractivity contribution in [3.8, 4) is 0 Å². The quantitative estimate of drug-likeness (QED) is 0.632. The maximum absolute atomic E-state index is 13.1. The van der Waals surface area contributed by atoms with Gasteiger partial charge in [0.2, 0.25) is 11.8 Å². The van der Waals surface area contributed by atoms with Gasteiger partial charge in [-0.15, -0.1) is 0 Å². The Bertz CT molecular complexity index is 841. The number of aryl methyl sites for hydroxylation is 2. The molecule has 0 fully saturated rings. The number of amides is 2. The second kappa shape index (κ2) is 10.1. The van der Waals surface area contributed by atoms with E-state index in [0.29, 0.717) is 19.4 Å². The summed E-state index contributed by atoms with van der Waals surface area (Å²) in [7, 11) is 0. The van der Waals surface area contributed by atoms with E-state index in [1.165, 1.54) is 5.56 Å². The maximum Gasteiger partial charge on any atom is 0.242 e. The van der Waals surface area contributed by atoms with Gasteiger partial charge in [-0.25, -0.2) is 0 Å². The molecule has 0 aliphatic carbocycles. The Hall–Kier alpha value is -2.14. The van der Waals surface area contributed by atoms with E-state index in [2.05, 4.69) is 45.5 Å². The van der Waals surface area contributed by atoms with Gasteiger partial charge in [-0.1, -0.05) is 57.9 Å². The zero-order chi connectivity index (χ0) is 21.6. The summed E-state index contributed by atoms with van der Waals surface area (Å²) >= 11 is 3.48. The zero-order valence-corrected chi connectivity index (χ0v) is 19.5. The van der Waals surface area contributed by atoms with Gasteiger partial charge < -0.3 is 10.2 Å². The summed E-state index contributed by atoms with van der Waals surface area (Å²) in [6.07, 6.45) is 1.02. The molecule has 0 heterocycles. The second-order valence-electron chi connectivity index (χ2n) is 8.55. The first-order chi connectivity index (χ1) is 13.5. The molecule has 4 nitrogen and oxygen atoms in total. The van der Waals surface area contributed by atoms with Crippen LogP contribution in [0.15, 0.2) is 53.0 Å². The molecule has 2 amide bonds. The lowest BCUT2D eigenvalue weighted by Crippen LogP contribution is -2.52. The minimum atomic E-state index is -0.557. The van der Waals surface area contributed by atoms with E-state index in [-0.39, 0.29) is 17.4 Å². The van der Waals surface area contributed by atoms with Crippen LogP contribution >= 0.6 is 15.9 Å². The van der Waals surface area contributed by atoms with E-state index >= 15 is 0 Å². The van der Waals surface area contributed by atoms with Crippen LogP contribution in [0.5, 0.6) is 0 Å². The molecule has 29 heavy (non-hydrogen) atoms. The van der Waals surface area contributed by atoms with Crippen LogP contribution in [0.25, 0.3) is 0 Å². The summed E-state index contributed by atoms with van der Waals surface area (Å²) in [5.74, 6) is -0.168. The number of hydrogen-bond donors (Lipinski definition) is 1. The third-order valence-electron chi connectivity index (χ3n) is 4.66. The van der Waals surface area contributed by atoms with Crippen molar-refractivity contribution in [1.29, 1.82) is 0 Å². The fourth-order valence-electron chi connectivity index (χ4n) is 3.04. The number of carbonyl (C=O) groups is 2.